The smallest absolute Gasteiger partial charge is 0.406 e. The van der Waals surface area contributed by atoms with Crippen molar-refractivity contribution in [3.63, 3.8) is 0 Å². The molecular formula is C15H22N3O8PS. The maximum Gasteiger partial charge on any atom is 0.406 e. The topological polar surface area (TPSA) is 141 Å². The maximum absolute atomic E-state index is 12.9. The van der Waals surface area contributed by atoms with Crippen LogP contribution < -0.4 is 10.6 Å². The highest BCUT2D eigenvalue weighted by atomic mass is 32.1. The van der Waals surface area contributed by atoms with Crippen molar-refractivity contribution in [2.45, 2.75) is 50.8 Å². The van der Waals surface area contributed by atoms with Gasteiger partial charge in [-0.3, -0.25) is 28.2 Å². The van der Waals surface area contributed by atoms with Crippen LogP contribution >= 0.6 is 20.0 Å². The summed E-state index contributed by atoms with van der Waals surface area (Å²) in [6.07, 6.45) is -1.40. The van der Waals surface area contributed by atoms with E-state index < -0.39 is 49.4 Å². The summed E-state index contributed by atoms with van der Waals surface area (Å²) >= 11 is 5.13. The summed E-state index contributed by atoms with van der Waals surface area (Å²) in [6, 6.07) is 0.292. The third kappa shape index (κ3) is 3.99. The van der Waals surface area contributed by atoms with Crippen molar-refractivity contribution >= 4 is 25.9 Å². The SMILES string of the molecule is CCOC(=O)[C@H](C)NP1(=O)OC[C@H]2O[C@@H](n3ccc(=O)[nH]c3=S)C(C)(O)[C@H]2O1. The molecule has 0 amide bonds. The molecule has 2 fully saturated rings. The molecular weight excluding hydrogens is 413 g/mol. The van der Waals surface area contributed by atoms with Gasteiger partial charge < -0.3 is 14.6 Å². The molecule has 6 atom stereocenters. The first kappa shape index (κ1) is 21.3. The summed E-state index contributed by atoms with van der Waals surface area (Å²) in [6.45, 7) is 4.58. The average Bonchev–Trinajstić information content (AvgIpc) is 2.85. The van der Waals surface area contributed by atoms with Crippen LogP contribution in [0.25, 0.3) is 0 Å². The van der Waals surface area contributed by atoms with E-state index in [2.05, 4.69) is 10.1 Å². The minimum absolute atomic E-state index is 0.0505. The van der Waals surface area contributed by atoms with Crippen molar-refractivity contribution in [3.05, 3.63) is 27.4 Å². The predicted octanol–water partition coefficient (Wildman–Crippen LogP) is 0.619. The Bertz CT molecular complexity index is 915. The number of rotatable bonds is 5. The second-order valence-electron chi connectivity index (χ2n) is 6.69. The first-order valence-electron chi connectivity index (χ1n) is 8.64. The second-order valence-corrected chi connectivity index (χ2v) is 8.80. The fourth-order valence-corrected chi connectivity index (χ4v) is 5.15. The van der Waals surface area contributed by atoms with Crippen LogP contribution in [-0.2, 0) is 27.9 Å². The van der Waals surface area contributed by atoms with E-state index in [-0.39, 0.29) is 18.0 Å². The monoisotopic (exact) mass is 435 g/mol. The van der Waals surface area contributed by atoms with Crippen LogP contribution in [0.1, 0.15) is 27.0 Å². The summed E-state index contributed by atoms with van der Waals surface area (Å²) in [5.74, 6) is -0.612. The molecule has 11 nitrogen and oxygen atoms in total. The van der Waals surface area contributed by atoms with Crippen LogP contribution in [0.15, 0.2) is 17.1 Å². The van der Waals surface area contributed by atoms with E-state index in [4.69, 9.17) is 30.7 Å². The Balaban J connectivity index is 1.81. The van der Waals surface area contributed by atoms with E-state index in [0.717, 1.165) is 0 Å². The first-order chi connectivity index (χ1) is 13.1. The molecule has 2 aliphatic heterocycles. The molecule has 1 aromatic heterocycles. The Hall–Kier alpha value is -1.40. The minimum Gasteiger partial charge on any atom is -0.465 e. The van der Waals surface area contributed by atoms with E-state index >= 15 is 0 Å². The van der Waals surface area contributed by atoms with E-state index in [1.54, 1.807) is 6.92 Å². The number of aromatic nitrogens is 2. The number of nitrogens with one attached hydrogen (secondary N) is 2. The highest BCUT2D eigenvalue weighted by Gasteiger charge is 2.59. The fourth-order valence-electron chi connectivity index (χ4n) is 3.13. The normalized spacial score (nSPS) is 35.9. The van der Waals surface area contributed by atoms with Crippen molar-refractivity contribution in [2.24, 2.45) is 0 Å². The lowest BCUT2D eigenvalue weighted by molar-refractivity contribution is -0.145. The molecule has 28 heavy (non-hydrogen) atoms. The molecule has 1 aromatic rings. The van der Waals surface area contributed by atoms with Gasteiger partial charge in [0.25, 0.3) is 5.56 Å². The number of fused-ring (bicyclic) bond motifs is 1. The highest BCUT2D eigenvalue weighted by Crippen LogP contribution is 2.55. The lowest BCUT2D eigenvalue weighted by Gasteiger charge is -2.36. The lowest BCUT2D eigenvalue weighted by Crippen LogP contribution is -2.49. The number of carbonyl (C=O) groups excluding carboxylic acids is 1. The molecule has 3 N–H and O–H groups in total. The zero-order valence-electron chi connectivity index (χ0n) is 15.5. The number of aliphatic hydroxyl groups is 1. The lowest BCUT2D eigenvalue weighted by atomic mass is 9.96. The largest absolute Gasteiger partial charge is 0.465 e. The molecule has 2 aliphatic rings. The van der Waals surface area contributed by atoms with Gasteiger partial charge in [-0.1, -0.05) is 0 Å². The Morgan fingerprint density at radius 3 is 3.00 bits per heavy atom. The van der Waals surface area contributed by atoms with Crippen LogP contribution in [0.5, 0.6) is 0 Å². The van der Waals surface area contributed by atoms with Crippen molar-refractivity contribution in [2.75, 3.05) is 13.2 Å². The molecule has 0 saturated carbocycles. The van der Waals surface area contributed by atoms with Crippen LogP contribution in [0.2, 0.25) is 0 Å². The Kier molecular flexibility index (Phi) is 5.93. The van der Waals surface area contributed by atoms with Crippen LogP contribution in [0.3, 0.4) is 0 Å². The zero-order valence-corrected chi connectivity index (χ0v) is 17.2. The molecule has 13 heteroatoms. The summed E-state index contributed by atoms with van der Waals surface area (Å²) in [5, 5.41) is 13.5. The number of nitrogens with zero attached hydrogens (tertiary/aromatic N) is 1. The maximum atomic E-state index is 12.9. The summed E-state index contributed by atoms with van der Waals surface area (Å²) in [5.41, 5.74) is -2.05. The number of hydrogen-bond acceptors (Lipinski definition) is 9. The molecule has 2 unspecified atom stereocenters. The van der Waals surface area contributed by atoms with Gasteiger partial charge in [-0.25, -0.2) is 9.65 Å². The van der Waals surface area contributed by atoms with Crippen molar-refractivity contribution in [1.82, 2.24) is 14.6 Å². The van der Waals surface area contributed by atoms with Gasteiger partial charge in [-0.2, -0.15) is 0 Å². The standard InChI is InChI=1S/C15H22N3O8PS/c1-4-23-12(20)8(2)17-27(22)24-7-9-11(26-27)15(3,21)13(25-9)18-6-5-10(19)16-14(18)28/h5-6,8-9,11,13,21H,4,7H2,1-3H3,(H,17,22)(H,16,19,28)/t8-,9+,11-,13+,15?,27?/m0/s1. The van der Waals surface area contributed by atoms with Crippen molar-refractivity contribution < 1.29 is 33.0 Å². The van der Waals surface area contributed by atoms with Crippen LogP contribution in [-0.4, -0.2) is 57.7 Å². The van der Waals surface area contributed by atoms with Gasteiger partial charge in [0.2, 0.25) is 0 Å². The quantitative estimate of drug-likeness (QED) is 0.342. The number of H-pyrrole nitrogens is 1. The van der Waals surface area contributed by atoms with E-state index in [1.165, 1.54) is 30.7 Å². The molecule has 0 aliphatic carbocycles. The van der Waals surface area contributed by atoms with Gasteiger partial charge in [-0.15, -0.1) is 0 Å². The van der Waals surface area contributed by atoms with Crippen LogP contribution in [0.4, 0.5) is 0 Å². The second kappa shape index (κ2) is 7.79. The van der Waals surface area contributed by atoms with Crippen LogP contribution in [0, 0.1) is 4.77 Å². The Morgan fingerprint density at radius 1 is 1.64 bits per heavy atom. The van der Waals surface area contributed by atoms with Gasteiger partial charge >= 0.3 is 13.7 Å². The summed E-state index contributed by atoms with van der Waals surface area (Å²) < 4.78 is 35.9. The molecule has 0 aromatic carbocycles. The third-order valence-electron chi connectivity index (χ3n) is 4.47. The van der Waals surface area contributed by atoms with Crippen molar-refractivity contribution in [3.8, 4) is 0 Å². The number of ether oxygens (including phenoxy) is 2. The molecule has 0 spiro atoms. The molecule has 3 heterocycles. The first-order valence-corrected chi connectivity index (χ1v) is 10.6. The minimum atomic E-state index is -3.92. The Labute approximate surface area is 165 Å². The van der Waals surface area contributed by atoms with Gasteiger partial charge in [0.05, 0.1) is 13.2 Å². The van der Waals surface area contributed by atoms with E-state index in [9.17, 15) is 19.3 Å². The zero-order chi connectivity index (χ0) is 20.7. The highest BCUT2D eigenvalue weighted by molar-refractivity contribution is 7.71. The molecule has 156 valence electrons. The van der Waals surface area contributed by atoms with Gasteiger partial charge in [0.15, 0.2) is 11.0 Å². The summed E-state index contributed by atoms with van der Waals surface area (Å²) in [4.78, 5) is 25.6. The van der Waals surface area contributed by atoms with Gasteiger partial charge in [0.1, 0.15) is 23.9 Å². The molecule has 2 saturated heterocycles. The predicted molar refractivity (Wildman–Crippen MR) is 98.1 cm³/mol. The number of esters is 1. The van der Waals surface area contributed by atoms with Gasteiger partial charge in [-0.05, 0) is 33.0 Å². The third-order valence-corrected chi connectivity index (χ3v) is 6.48. The number of hydrogen-bond donors (Lipinski definition) is 3. The van der Waals surface area contributed by atoms with Crippen molar-refractivity contribution in [1.29, 1.82) is 0 Å². The molecule has 0 radical (unpaired) electrons. The molecule has 0 bridgehead atoms. The van der Waals surface area contributed by atoms with Gasteiger partial charge in [0, 0.05) is 12.3 Å². The Morgan fingerprint density at radius 2 is 2.36 bits per heavy atom. The number of aromatic amines is 1. The van der Waals surface area contributed by atoms with E-state index in [0.29, 0.717) is 0 Å². The summed E-state index contributed by atoms with van der Waals surface area (Å²) in [7, 11) is -3.92. The van der Waals surface area contributed by atoms with E-state index in [1.807, 2.05) is 0 Å². The average molecular weight is 435 g/mol. The molecule has 3 rings (SSSR count). The number of carbonyl (C=O) groups is 1. The fraction of sp³-hybridized carbons (Fsp3) is 0.667.